The zero-order valence-corrected chi connectivity index (χ0v) is 18.6. The van der Waals surface area contributed by atoms with Crippen LogP contribution in [0.3, 0.4) is 0 Å². The smallest absolute Gasteiger partial charge is 0.251 e. The molecule has 1 unspecified atom stereocenters. The lowest BCUT2D eigenvalue weighted by atomic mass is 10.0. The highest BCUT2D eigenvalue weighted by Gasteiger charge is 2.25. The maximum Gasteiger partial charge on any atom is 0.251 e. The van der Waals surface area contributed by atoms with E-state index >= 15 is 0 Å². The largest absolute Gasteiger partial charge is 0.493 e. The topological polar surface area (TPSA) is 79.6 Å². The molecule has 0 amide bonds. The number of aryl methyl sites for hydroxylation is 1. The van der Waals surface area contributed by atoms with E-state index in [4.69, 9.17) is 9.73 Å². The Kier molecular flexibility index (Phi) is 7.19. The molecule has 0 radical (unpaired) electrons. The lowest BCUT2D eigenvalue weighted by molar-refractivity contribution is 0.0744. The number of alkyl halides is 2. The first kappa shape index (κ1) is 22.4. The van der Waals surface area contributed by atoms with Gasteiger partial charge in [-0.25, -0.2) is 13.8 Å². The number of rotatable bonds is 6. The van der Waals surface area contributed by atoms with Crippen LogP contribution in [0.25, 0.3) is 0 Å². The Morgan fingerprint density at radius 2 is 1.97 bits per heavy atom. The number of hydrogen-bond acceptors (Lipinski definition) is 5. The summed E-state index contributed by atoms with van der Waals surface area (Å²) in [6, 6.07) is 8.27. The number of hydrogen-bond donors (Lipinski definition) is 2. The fraction of sp³-hybridized carbons (Fsp3) is 0.591. The van der Waals surface area contributed by atoms with Crippen LogP contribution >= 0.6 is 0 Å². The summed E-state index contributed by atoms with van der Waals surface area (Å²) in [6.07, 6.45) is 0.122. The third kappa shape index (κ3) is 5.53. The van der Waals surface area contributed by atoms with Crippen LogP contribution in [0, 0.1) is 6.92 Å². The van der Waals surface area contributed by atoms with Crippen LogP contribution in [0.5, 0.6) is 5.75 Å². The Hall–Kier alpha value is -2.75. The van der Waals surface area contributed by atoms with Gasteiger partial charge in [0.15, 0.2) is 11.8 Å². The molecule has 2 aliphatic heterocycles. The molecule has 0 aliphatic carbocycles. The van der Waals surface area contributed by atoms with E-state index < -0.39 is 6.43 Å². The summed E-state index contributed by atoms with van der Waals surface area (Å²) in [4.78, 5) is 6.62. The first-order valence-corrected chi connectivity index (χ1v) is 11.1. The number of nitrogens with zero attached hydrogens (tertiary/aromatic N) is 5. The SMILES string of the molecule is Cc1nnc(CN=C(NC2CCN(CC(F)F)CC2)NC2CCOc3ccccc32)n1C. The Labute approximate surface area is 187 Å². The molecule has 2 aliphatic rings. The van der Waals surface area contributed by atoms with Crippen molar-refractivity contribution in [2.24, 2.45) is 12.0 Å². The maximum absolute atomic E-state index is 12.7. The number of fused-ring (bicyclic) bond motifs is 1. The van der Waals surface area contributed by atoms with Gasteiger partial charge in [0, 0.05) is 38.2 Å². The van der Waals surface area contributed by atoms with Gasteiger partial charge in [-0.3, -0.25) is 4.90 Å². The Bertz CT molecular complexity index is 925. The average molecular weight is 448 g/mol. The summed E-state index contributed by atoms with van der Waals surface area (Å²) in [7, 11) is 1.92. The van der Waals surface area contributed by atoms with E-state index in [1.165, 1.54) is 0 Å². The molecule has 1 aromatic carbocycles. The molecule has 0 spiro atoms. The monoisotopic (exact) mass is 447 g/mol. The van der Waals surface area contributed by atoms with Gasteiger partial charge in [0.1, 0.15) is 18.1 Å². The minimum Gasteiger partial charge on any atom is -0.493 e. The molecule has 3 heterocycles. The predicted octanol–water partition coefficient (Wildman–Crippen LogP) is 2.41. The third-order valence-electron chi connectivity index (χ3n) is 6.16. The van der Waals surface area contributed by atoms with Gasteiger partial charge in [0.05, 0.1) is 19.2 Å². The van der Waals surface area contributed by atoms with Crippen molar-refractivity contribution in [2.45, 2.75) is 51.2 Å². The highest BCUT2D eigenvalue weighted by atomic mass is 19.3. The van der Waals surface area contributed by atoms with Gasteiger partial charge < -0.3 is 19.9 Å². The molecule has 1 saturated heterocycles. The lowest BCUT2D eigenvalue weighted by Crippen LogP contribution is -2.50. The van der Waals surface area contributed by atoms with Crippen molar-refractivity contribution in [3.8, 4) is 5.75 Å². The van der Waals surface area contributed by atoms with Crippen LogP contribution in [0.1, 0.15) is 42.5 Å². The highest BCUT2D eigenvalue weighted by molar-refractivity contribution is 5.80. The fourth-order valence-corrected chi connectivity index (χ4v) is 4.18. The lowest BCUT2D eigenvalue weighted by Gasteiger charge is -2.34. The molecule has 1 aromatic heterocycles. The van der Waals surface area contributed by atoms with Crippen molar-refractivity contribution in [1.29, 1.82) is 0 Å². The third-order valence-corrected chi connectivity index (χ3v) is 6.16. The molecule has 4 rings (SSSR count). The van der Waals surface area contributed by atoms with Gasteiger partial charge in [-0.2, -0.15) is 0 Å². The van der Waals surface area contributed by atoms with Crippen molar-refractivity contribution in [3.63, 3.8) is 0 Å². The van der Waals surface area contributed by atoms with E-state index in [1.54, 1.807) is 0 Å². The van der Waals surface area contributed by atoms with Gasteiger partial charge in [0.25, 0.3) is 6.43 Å². The Morgan fingerprint density at radius 1 is 1.19 bits per heavy atom. The molecular formula is C22H31F2N7O. The van der Waals surface area contributed by atoms with Crippen LogP contribution in [-0.4, -0.2) is 64.3 Å². The van der Waals surface area contributed by atoms with Crippen molar-refractivity contribution in [2.75, 3.05) is 26.2 Å². The molecule has 174 valence electrons. The highest BCUT2D eigenvalue weighted by Crippen LogP contribution is 2.31. The maximum atomic E-state index is 12.7. The minimum absolute atomic E-state index is 0.0753. The summed E-state index contributed by atoms with van der Waals surface area (Å²) in [5.74, 6) is 3.20. The summed E-state index contributed by atoms with van der Waals surface area (Å²) < 4.78 is 33.1. The van der Waals surface area contributed by atoms with Crippen LogP contribution in [0.2, 0.25) is 0 Å². The van der Waals surface area contributed by atoms with Gasteiger partial charge in [-0.1, -0.05) is 18.2 Å². The normalized spacial score (nSPS) is 20.2. The number of benzene rings is 1. The number of ether oxygens (including phenoxy) is 1. The molecule has 0 saturated carbocycles. The molecule has 2 N–H and O–H groups in total. The zero-order chi connectivity index (χ0) is 22.5. The number of nitrogens with one attached hydrogen (secondary N) is 2. The average Bonchev–Trinajstić information content (AvgIpc) is 3.11. The second-order valence-electron chi connectivity index (χ2n) is 8.37. The van der Waals surface area contributed by atoms with Crippen LogP contribution in [0.4, 0.5) is 8.78 Å². The molecule has 10 heteroatoms. The molecule has 0 bridgehead atoms. The van der Waals surface area contributed by atoms with E-state index in [1.807, 2.05) is 41.6 Å². The predicted molar refractivity (Wildman–Crippen MR) is 118 cm³/mol. The Balaban J connectivity index is 1.46. The van der Waals surface area contributed by atoms with Crippen LogP contribution < -0.4 is 15.4 Å². The van der Waals surface area contributed by atoms with E-state index in [0.29, 0.717) is 32.2 Å². The summed E-state index contributed by atoms with van der Waals surface area (Å²) in [6.45, 7) is 4.08. The van der Waals surface area contributed by atoms with Crippen molar-refractivity contribution in [3.05, 3.63) is 41.5 Å². The van der Waals surface area contributed by atoms with Gasteiger partial charge in [0.2, 0.25) is 0 Å². The molecule has 8 nitrogen and oxygen atoms in total. The number of likely N-dealkylation sites (tertiary alicyclic amines) is 1. The van der Waals surface area contributed by atoms with E-state index in [0.717, 1.165) is 42.2 Å². The van der Waals surface area contributed by atoms with Crippen molar-refractivity contribution < 1.29 is 13.5 Å². The Morgan fingerprint density at radius 3 is 2.69 bits per heavy atom. The van der Waals surface area contributed by atoms with E-state index in [2.05, 4.69) is 26.9 Å². The van der Waals surface area contributed by atoms with Crippen LogP contribution in [-0.2, 0) is 13.6 Å². The quantitative estimate of drug-likeness (QED) is 0.523. The van der Waals surface area contributed by atoms with E-state index in [-0.39, 0.29) is 18.6 Å². The molecule has 32 heavy (non-hydrogen) atoms. The number of aromatic nitrogens is 3. The minimum atomic E-state index is -2.29. The first-order chi connectivity index (χ1) is 15.5. The zero-order valence-electron chi connectivity index (χ0n) is 18.6. The molecular weight excluding hydrogens is 416 g/mol. The van der Waals surface area contributed by atoms with Gasteiger partial charge in [-0.05, 0) is 25.8 Å². The number of piperidine rings is 1. The molecule has 1 atom stereocenters. The number of aliphatic imine (C=N–C) groups is 1. The summed E-state index contributed by atoms with van der Waals surface area (Å²) >= 11 is 0. The second-order valence-corrected chi connectivity index (χ2v) is 8.37. The number of guanidine groups is 1. The first-order valence-electron chi connectivity index (χ1n) is 11.1. The fourth-order valence-electron chi connectivity index (χ4n) is 4.18. The number of halogens is 2. The summed E-state index contributed by atoms with van der Waals surface area (Å²) in [5.41, 5.74) is 1.11. The van der Waals surface area contributed by atoms with Gasteiger partial charge in [-0.15, -0.1) is 10.2 Å². The van der Waals surface area contributed by atoms with E-state index in [9.17, 15) is 8.78 Å². The second kappa shape index (κ2) is 10.2. The standard InChI is InChI=1S/C22H31F2N7O/c1-15-28-29-21(30(15)2)13-25-22(26-16-7-10-31(11-8-16)14-20(23)24)27-18-9-12-32-19-6-4-3-5-17(18)19/h3-6,16,18,20H,7-14H2,1-2H3,(H2,25,26,27). The van der Waals surface area contributed by atoms with Gasteiger partial charge >= 0.3 is 0 Å². The molecule has 1 fully saturated rings. The summed E-state index contributed by atoms with van der Waals surface area (Å²) in [5, 5.41) is 15.4. The number of para-hydroxylation sites is 1. The molecule has 2 aromatic rings. The van der Waals surface area contributed by atoms with Crippen molar-refractivity contribution >= 4 is 5.96 Å². The van der Waals surface area contributed by atoms with Crippen molar-refractivity contribution in [1.82, 2.24) is 30.3 Å². The van der Waals surface area contributed by atoms with Crippen LogP contribution in [0.15, 0.2) is 29.3 Å².